The van der Waals surface area contributed by atoms with Crippen LogP contribution in [0.2, 0.25) is 0 Å². The maximum absolute atomic E-state index is 12.9. The van der Waals surface area contributed by atoms with Crippen LogP contribution in [0.1, 0.15) is 18.4 Å². The monoisotopic (exact) mass is 462 g/mol. The van der Waals surface area contributed by atoms with E-state index in [4.69, 9.17) is 5.14 Å². The van der Waals surface area contributed by atoms with Gasteiger partial charge in [-0.25, -0.2) is 17.9 Å². The number of hydrogen-bond donors (Lipinski definition) is 3. The molecule has 1 aliphatic rings. The normalized spacial score (nSPS) is 15.3. The van der Waals surface area contributed by atoms with Gasteiger partial charge in [-0.2, -0.15) is 0 Å². The minimum absolute atomic E-state index is 0.0124. The van der Waals surface area contributed by atoms with Crippen LogP contribution in [-0.4, -0.2) is 51.3 Å². The van der Waals surface area contributed by atoms with Crippen LogP contribution < -0.4 is 15.8 Å². The summed E-state index contributed by atoms with van der Waals surface area (Å²) in [6, 6.07) is 11.9. The summed E-state index contributed by atoms with van der Waals surface area (Å²) >= 11 is 0. The molecule has 0 unspecified atom stereocenters. The van der Waals surface area contributed by atoms with Gasteiger partial charge in [0.1, 0.15) is 5.82 Å². The molecule has 1 heterocycles. The molecule has 172 valence electrons. The van der Waals surface area contributed by atoms with Crippen molar-refractivity contribution < 1.29 is 22.4 Å². The summed E-state index contributed by atoms with van der Waals surface area (Å²) in [5, 5.41) is 10.7. The van der Waals surface area contributed by atoms with Crippen molar-refractivity contribution in [2.45, 2.75) is 24.2 Å². The van der Waals surface area contributed by atoms with E-state index in [1.165, 1.54) is 36.4 Å². The Hall–Kier alpha value is -2.82. The molecule has 2 aromatic carbocycles. The van der Waals surface area contributed by atoms with Gasteiger partial charge in [0.2, 0.25) is 21.8 Å². The summed E-state index contributed by atoms with van der Waals surface area (Å²) in [6.45, 7) is 1.96. The summed E-state index contributed by atoms with van der Waals surface area (Å²) in [4.78, 5) is 26.7. The van der Waals surface area contributed by atoms with E-state index >= 15 is 0 Å². The number of anilines is 1. The molecular formula is C22H27FN4O4S. The fraction of sp³-hybridized carbons (Fsp3) is 0.364. The van der Waals surface area contributed by atoms with Gasteiger partial charge >= 0.3 is 0 Å². The molecule has 0 aromatic heterocycles. The lowest BCUT2D eigenvalue weighted by Crippen LogP contribution is -2.43. The molecular weight excluding hydrogens is 435 g/mol. The first-order chi connectivity index (χ1) is 15.2. The molecule has 8 nitrogen and oxygen atoms in total. The number of carbonyl (C=O) groups excluding carboxylic acids is 2. The van der Waals surface area contributed by atoms with Crippen LogP contribution in [0.25, 0.3) is 0 Å². The highest BCUT2D eigenvalue weighted by Gasteiger charge is 2.25. The predicted octanol–water partition coefficient (Wildman–Crippen LogP) is 1.48. The lowest BCUT2D eigenvalue weighted by molar-refractivity contribution is -0.126. The average Bonchev–Trinajstić information content (AvgIpc) is 2.75. The second-order valence-electron chi connectivity index (χ2n) is 7.84. The van der Waals surface area contributed by atoms with E-state index in [-0.39, 0.29) is 35.0 Å². The average molecular weight is 463 g/mol. The Morgan fingerprint density at radius 1 is 1.03 bits per heavy atom. The zero-order chi connectivity index (χ0) is 23.1. The van der Waals surface area contributed by atoms with Gasteiger partial charge in [0, 0.05) is 18.2 Å². The minimum atomic E-state index is -3.71. The summed E-state index contributed by atoms with van der Waals surface area (Å²) in [5.74, 6) is -0.644. The van der Waals surface area contributed by atoms with E-state index in [0.717, 1.165) is 5.56 Å². The molecule has 0 radical (unpaired) electrons. The minimum Gasteiger partial charge on any atom is -0.356 e. The van der Waals surface area contributed by atoms with Crippen LogP contribution >= 0.6 is 0 Å². The lowest BCUT2D eigenvalue weighted by atomic mass is 9.96. The summed E-state index contributed by atoms with van der Waals surface area (Å²) in [7, 11) is -3.71. The molecule has 4 N–H and O–H groups in total. The molecule has 0 bridgehead atoms. The van der Waals surface area contributed by atoms with Crippen LogP contribution in [0, 0.1) is 11.7 Å². The van der Waals surface area contributed by atoms with Crippen molar-refractivity contribution in [2.24, 2.45) is 11.1 Å². The number of benzene rings is 2. The number of primary sulfonamides is 1. The predicted molar refractivity (Wildman–Crippen MR) is 119 cm³/mol. The Kier molecular flexibility index (Phi) is 7.94. The zero-order valence-electron chi connectivity index (χ0n) is 17.6. The van der Waals surface area contributed by atoms with Crippen molar-refractivity contribution in [2.75, 3.05) is 31.5 Å². The number of likely N-dealkylation sites (tertiary alicyclic amines) is 1. The van der Waals surface area contributed by atoms with Gasteiger partial charge in [-0.15, -0.1) is 0 Å². The van der Waals surface area contributed by atoms with Crippen molar-refractivity contribution in [3.05, 3.63) is 59.9 Å². The quantitative estimate of drug-likeness (QED) is 0.549. The number of nitrogens with two attached hydrogens (primary N) is 1. The Balaban J connectivity index is 1.36. The Labute approximate surface area is 187 Å². The molecule has 2 amide bonds. The van der Waals surface area contributed by atoms with Crippen molar-refractivity contribution in [1.82, 2.24) is 10.2 Å². The molecule has 0 atom stereocenters. The second kappa shape index (κ2) is 10.7. The molecule has 1 aliphatic heterocycles. The first kappa shape index (κ1) is 23.8. The third kappa shape index (κ3) is 7.11. The molecule has 32 heavy (non-hydrogen) atoms. The van der Waals surface area contributed by atoms with E-state index in [1.54, 1.807) is 12.1 Å². The van der Waals surface area contributed by atoms with E-state index < -0.39 is 10.0 Å². The first-order valence-electron chi connectivity index (χ1n) is 10.4. The van der Waals surface area contributed by atoms with Crippen LogP contribution in [0.5, 0.6) is 0 Å². The molecule has 0 aliphatic carbocycles. The smallest absolute Gasteiger partial charge is 0.238 e. The molecule has 1 saturated heterocycles. The molecule has 0 saturated carbocycles. The van der Waals surface area contributed by atoms with Crippen LogP contribution in [0.3, 0.4) is 0 Å². The van der Waals surface area contributed by atoms with E-state index in [0.29, 0.717) is 44.6 Å². The third-order valence-corrected chi connectivity index (χ3v) is 6.35. The number of nitrogens with zero attached hydrogens (tertiary/aromatic N) is 1. The van der Waals surface area contributed by atoms with Crippen LogP contribution in [-0.2, 0) is 26.0 Å². The number of halogens is 1. The molecule has 10 heteroatoms. The third-order valence-electron chi connectivity index (χ3n) is 5.42. The van der Waals surface area contributed by atoms with E-state index in [1.807, 2.05) is 4.90 Å². The summed E-state index contributed by atoms with van der Waals surface area (Å²) < 4.78 is 35.5. The highest BCUT2D eigenvalue weighted by atomic mass is 32.2. The standard InChI is InChI=1S/C22H27FN4O4S/c23-18-3-5-19(6-4-18)26-21(28)15-27-13-10-17(11-14-27)22(29)25-12-9-16-1-7-20(8-2-16)32(24,30)31/h1-8,17H,9-15H2,(H,25,29)(H,26,28)(H2,24,30,31). The highest BCUT2D eigenvalue weighted by molar-refractivity contribution is 7.89. The van der Waals surface area contributed by atoms with Crippen LogP contribution in [0.4, 0.5) is 10.1 Å². The fourth-order valence-electron chi connectivity index (χ4n) is 3.61. The van der Waals surface area contributed by atoms with Gasteiger partial charge in [0.25, 0.3) is 0 Å². The molecule has 3 rings (SSSR count). The Bertz CT molecular complexity index is 1030. The summed E-state index contributed by atoms with van der Waals surface area (Å²) in [6.07, 6.45) is 1.91. The number of hydrogen-bond acceptors (Lipinski definition) is 5. The van der Waals surface area contributed by atoms with Crippen molar-refractivity contribution >= 4 is 27.5 Å². The SMILES string of the molecule is NS(=O)(=O)c1ccc(CCNC(=O)C2CCN(CC(=O)Nc3ccc(F)cc3)CC2)cc1. The number of rotatable bonds is 8. The highest BCUT2D eigenvalue weighted by Crippen LogP contribution is 2.18. The van der Waals surface area contributed by atoms with Gasteiger partial charge in [0.15, 0.2) is 0 Å². The number of amides is 2. The van der Waals surface area contributed by atoms with Gasteiger partial charge in [-0.1, -0.05) is 12.1 Å². The van der Waals surface area contributed by atoms with Crippen molar-refractivity contribution in [1.29, 1.82) is 0 Å². The maximum atomic E-state index is 12.9. The van der Waals surface area contributed by atoms with Gasteiger partial charge in [-0.3, -0.25) is 14.5 Å². The van der Waals surface area contributed by atoms with Gasteiger partial charge < -0.3 is 10.6 Å². The van der Waals surface area contributed by atoms with Gasteiger partial charge in [0.05, 0.1) is 11.4 Å². The Morgan fingerprint density at radius 2 is 1.66 bits per heavy atom. The van der Waals surface area contributed by atoms with Gasteiger partial charge in [-0.05, 0) is 74.3 Å². The Morgan fingerprint density at radius 3 is 2.25 bits per heavy atom. The first-order valence-corrected chi connectivity index (χ1v) is 11.9. The van der Waals surface area contributed by atoms with Crippen molar-refractivity contribution in [3.8, 4) is 0 Å². The van der Waals surface area contributed by atoms with Crippen LogP contribution in [0.15, 0.2) is 53.4 Å². The number of carbonyl (C=O) groups is 2. The molecule has 1 fully saturated rings. The number of sulfonamides is 1. The van der Waals surface area contributed by atoms with E-state index in [9.17, 15) is 22.4 Å². The molecule has 2 aromatic rings. The largest absolute Gasteiger partial charge is 0.356 e. The second-order valence-corrected chi connectivity index (χ2v) is 9.40. The number of nitrogens with one attached hydrogen (secondary N) is 2. The number of piperidine rings is 1. The van der Waals surface area contributed by atoms with E-state index in [2.05, 4.69) is 10.6 Å². The van der Waals surface area contributed by atoms with Crippen molar-refractivity contribution in [3.63, 3.8) is 0 Å². The lowest BCUT2D eigenvalue weighted by Gasteiger charge is -2.30. The topological polar surface area (TPSA) is 122 Å². The maximum Gasteiger partial charge on any atom is 0.238 e. The summed E-state index contributed by atoms with van der Waals surface area (Å²) in [5.41, 5.74) is 1.45. The zero-order valence-corrected chi connectivity index (χ0v) is 18.4. The molecule has 0 spiro atoms. The fourth-order valence-corrected chi connectivity index (χ4v) is 4.13.